The van der Waals surface area contributed by atoms with Gasteiger partial charge in [0.05, 0.1) is 29.5 Å². The molecule has 0 bridgehead atoms. The summed E-state index contributed by atoms with van der Waals surface area (Å²) in [4.78, 5) is 9.13. The first-order valence-electron chi connectivity index (χ1n) is 6.76. The quantitative estimate of drug-likeness (QED) is 0.749. The molecule has 0 aliphatic carbocycles. The van der Waals surface area contributed by atoms with Gasteiger partial charge in [-0.3, -0.25) is 0 Å². The highest BCUT2D eigenvalue weighted by Gasteiger charge is 2.26. The Kier molecular flexibility index (Phi) is 2.23. The molecule has 1 atom stereocenters. The minimum atomic E-state index is 0.281. The van der Waals surface area contributed by atoms with Gasteiger partial charge in [-0.1, -0.05) is 0 Å². The lowest BCUT2D eigenvalue weighted by Gasteiger charge is -2.25. The summed E-state index contributed by atoms with van der Waals surface area (Å²) in [5.74, 6) is 1.48. The third-order valence-electron chi connectivity index (χ3n) is 3.93. The van der Waals surface area contributed by atoms with Crippen molar-refractivity contribution in [2.24, 2.45) is 0 Å². The zero-order valence-corrected chi connectivity index (χ0v) is 10.9. The first-order valence-corrected chi connectivity index (χ1v) is 6.76. The lowest BCUT2D eigenvalue weighted by atomic mass is 10.1. The van der Waals surface area contributed by atoms with E-state index < -0.39 is 0 Å². The summed E-state index contributed by atoms with van der Waals surface area (Å²) in [6.45, 7) is 4.40. The Morgan fingerprint density at radius 2 is 2.32 bits per heavy atom. The normalized spacial score (nSPS) is 21.8. The van der Waals surface area contributed by atoms with Gasteiger partial charge in [-0.25, -0.2) is 9.97 Å². The Morgan fingerprint density at radius 1 is 1.42 bits per heavy atom. The fourth-order valence-corrected chi connectivity index (χ4v) is 3.10. The van der Waals surface area contributed by atoms with Crippen molar-refractivity contribution in [3.8, 4) is 0 Å². The molecule has 100 valence electrons. The van der Waals surface area contributed by atoms with Crippen LogP contribution in [-0.2, 0) is 17.8 Å². The van der Waals surface area contributed by atoms with E-state index in [2.05, 4.69) is 26.8 Å². The smallest absolute Gasteiger partial charge is 0.152 e. The summed E-state index contributed by atoms with van der Waals surface area (Å²) in [5, 5.41) is 3.47. The minimum absolute atomic E-state index is 0.281. The number of rotatable bonds is 0. The minimum Gasteiger partial charge on any atom is -0.382 e. The van der Waals surface area contributed by atoms with Crippen LogP contribution in [0.25, 0.3) is 11.0 Å². The van der Waals surface area contributed by atoms with Crippen molar-refractivity contribution in [1.29, 1.82) is 0 Å². The van der Waals surface area contributed by atoms with E-state index >= 15 is 0 Å². The number of pyridine rings is 1. The average molecular weight is 259 g/mol. The van der Waals surface area contributed by atoms with E-state index in [-0.39, 0.29) is 6.04 Å². The van der Waals surface area contributed by atoms with Gasteiger partial charge in [0.25, 0.3) is 0 Å². The number of nitrogens with one attached hydrogen (secondary N) is 1. The molecule has 0 fully saturated rings. The SMILES string of the molecule is C[C@H]1COCc2nc3c(N)nc4c(c3n21)NCCC4. The second kappa shape index (κ2) is 3.84. The molecule has 19 heavy (non-hydrogen) atoms. The van der Waals surface area contributed by atoms with Crippen LogP contribution in [0.4, 0.5) is 11.5 Å². The van der Waals surface area contributed by atoms with Crippen LogP contribution in [0.15, 0.2) is 0 Å². The van der Waals surface area contributed by atoms with Gasteiger partial charge in [-0.15, -0.1) is 0 Å². The van der Waals surface area contributed by atoms with Gasteiger partial charge in [0, 0.05) is 6.54 Å². The lowest BCUT2D eigenvalue weighted by Crippen LogP contribution is -2.22. The van der Waals surface area contributed by atoms with Crippen LogP contribution in [-0.4, -0.2) is 27.7 Å². The molecular formula is C13H17N5O. The highest BCUT2D eigenvalue weighted by atomic mass is 16.5. The number of fused-ring (bicyclic) bond motifs is 5. The number of nitrogen functional groups attached to an aromatic ring is 1. The highest BCUT2D eigenvalue weighted by Crippen LogP contribution is 2.36. The van der Waals surface area contributed by atoms with Gasteiger partial charge in [-0.2, -0.15) is 0 Å². The Bertz CT molecular complexity index is 663. The van der Waals surface area contributed by atoms with Crippen LogP contribution in [0.5, 0.6) is 0 Å². The van der Waals surface area contributed by atoms with E-state index in [9.17, 15) is 0 Å². The van der Waals surface area contributed by atoms with Crippen molar-refractivity contribution in [2.45, 2.75) is 32.4 Å². The van der Waals surface area contributed by atoms with E-state index in [0.29, 0.717) is 12.4 Å². The molecule has 6 heteroatoms. The Balaban J connectivity index is 2.10. The molecular weight excluding hydrogens is 242 g/mol. The molecule has 2 aliphatic heterocycles. The van der Waals surface area contributed by atoms with Gasteiger partial charge in [0.15, 0.2) is 5.82 Å². The fraction of sp³-hybridized carbons (Fsp3) is 0.538. The molecule has 0 saturated heterocycles. The maximum Gasteiger partial charge on any atom is 0.152 e. The van der Waals surface area contributed by atoms with Gasteiger partial charge in [0.2, 0.25) is 0 Å². The van der Waals surface area contributed by atoms with E-state index in [1.807, 2.05) is 0 Å². The Hall–Kier alpha value is -1.82. The summed E-state index contributed by atoms with van der Waals surface area (Å²) >= 11 is 0. The molecule has 0 radical (unpaired) electrons. The van der Waals surface area contributed by atoms with Crippen LogP contribution in [0.2, 0.25) is 0 Å². The number of hydrogen-bond donors (Lipinski definition) is 2. The Morgan fingerprint density at radius 3 is 3.21 bits per heavy atom. The Labute approximate surface area is 111 Å². The van der Waals surface area contributed by atoms with Gasteiger partial charge in [0.1, 0.15) is 17.9 Å². The molecule has 0 saturated carbocycles. The van der Waals surface area contributed by atoms with E-state index in [0.717, 1.165) is 54.2 Å². The average Bonchev–Trinajstić information content (AvgIpc) is 2.81. The van der Waals surface area contributed by atoms with E-state index in [1.54, 1.807) is 0 Å². The van der Waals surface area contributed by atoms with Crippen molar-refractivity contribution in [1.82, 2.24) is 14.5 Å². The number of ether oxygens (including phenoxy) is 1. The van der Waals surface area contributed by atoms with Crippen LogP contribution in [0.1, 0.15) is 30.9 Å². The molecule has 3 N–H and O–H groups in total. The predicted octanol–water partition coefficient (Wildman–Crippen LogP) is 1.46. The van der Waals surface area contributed by atoms with Crippen molar-refractivity contribution >= 4 is 22.5 Å². The number of aryl methyl sites for hydroxylation is 1. The van der Waals surface area contributed by atoms with Gasteiger partial charge >= 0.3 is 0 Å². The zero-order valence-electron chi connectivity index (χ0n) is 10.9. The summed E-state index contributed by atoms with van der Waals surface area (Å²) < 4.78 is 7.81. The second-order valence-corrected chi connectivity index (χ2v) is 5.31. The number of nitrogens with zero attached hydrogens (tertiary/aromatic N) is 3. The van der Waals surface area contributed by atoms with Crippen LogP contribution in [0, 0.1) is 0 Å². The molecule has 2 aromatic rings. The fourth-order valence-electron chi connectivity index (χ4n) is 3.10. The zero-order chi connectivity index (χ0) is 13.0. The molecule has 0 amide bonds. The van der Waals surface area contributed by atoms with Crippen molar-refractivity contribution in [3.63, 3.8) is 0 Å². The molecule has 4 rings (SSSR count). The monoisotopic (exact) mass is 259 g/mol. The molecule has 0 unspecified atom stereocenters. The molecule has 4 heterocycles. The van der Waals surface area contributed by atoms with E-state index in [4.69, 9.17) is 10.5 Å². The molecule has 0 spiro atoms. The van der Waals surface area contributed by atoms with Crippen molar-refractivity contribution in [3.05, 3.63) is 11.5 Å². The lowest BCUT2D eigenvalue weighted by molar-refractivity contribution is 0.0621. The van der Waals surface area contributed by atoms with Gasteiger partial charge in [-0.05, 0) is 19.8 Å². The highest BCUT2D eigenvalue weighted by molar-refractivity contribution is 5.96. The summed E-state index contributed by atoms with van der Waals surface area (Å²) in [7, 11) is 0. The van der Waals surface area contributed by atoms with Crippen molar-refractivity contribution in [2.75, 3.05) is 24.2 Å². The topological polar surface area (TPSA) is 78.0 Å². The van der Waals surface area contributed by atoms with Crippen LogP contribution < -0.4 is 11.1 Å². The number of aromatic nitrogens is 3. The summed E-state index contributed by atoms with van der Waals surface area (Å²) in [6, 6.07) is 0.281. The van der Waals surface area contributed by atoms with Crippen molar-refractivity contribution < 1.29 is 4.74 Å². The maximum atomic E-state index is 6.08. The molecule has 6 nitrogen and oxygen atoms in total. The molecule has 2 aliphatic rings. The number of nitrogens with two attached hydrogens (primary N) is 1. The summed E-state index contributed by atoms with van der Waals surface area (Å²) in [5.41, 5.74) is 10.2. The number of imidazole rings is 1. The largest absolute Gasteiger partial charge is 0.382 e. The molecule has 2 aromatic heterocycles. The number of hydrogen-bond acceptors (Lipinski definition) is 5. The molecule has 0 aromatic carbocycles. The number of anilines is 2. The first kappa shape index (κ1) is 11.0. The standard InChI is InChI=1S/C13H17N5O/c1-7-5-19-6-9-17-11-12(18(7)9)10-8(16-13(11)14)3-2-4-15-10/h7,15H,2-6H2,1H3,(H2,14,16)/t7-/m0/s1. The first-order chi connectivity index (χ1) is 9.25. The third-order valence-corrected chi connectivity index (χ3v) is 3.93. The van der Waals surface area contributed by atoms with Gasteiger partial charge < -0.3 is 20.4 Å². The summed E-state index contributed by atoms with van der Waals surface area (Å²) in [6.07, 6.45) is 2.08. The predicted molar refractivity (Wildman–Crippen MR) is 73.1 cm³/mol. The van der Waals surface area contributed by atoms with Crippen LogP contribution in [0.3, 0.4) is 0 Å². The maximum absolute atomic E-state index is 6.08. The third kappa shape index (κ3) is 1.46. The second-order valence-electron chi connectivity index (χ2n) is 5.31. The van der Waals surface area contributed by atoms with Crippen LogP contribution >= 0.6 is 0 Å². The van der Waals surface area contributed by atoms with E-state index in [1.165, 1.54) is 0 Å².